The van der Waals surface area contributed by atoms with Gasteiger partial charge in [0.25, 0.3) is 0 Å². The minimum Gasteiger partial charge on any atom is -0.370 e. The van der Waals surface area contributed by atoms with E-state index in [0.29, 0.717) is 18.4 Å². The predicted octanol–water partition coefficient (Wildman–Crippen LogP) is 1.79. The average molecular weight is 232 g/mol. The Morgan fingerprint density at radius 2 is 2.06 bits per heavy atom. The summed E-state index contributed by atoms with van der Waals surface area (Å²) in [4.78, 5) is 10.5. The molecule has 1 saturated carbocycles. The topological polar surface area (TPSA) is 55.1 Å². The summed E-state index contributed by atoms with van der Waals surface area (Å²) in [7, 11) is 0. The number of carbonyl (C=O) groups is 1. The molecule has 0 aliphatic heterocycles. The molecule has 1 amide bonds. The van der Waals surface area contributed by atoms with Crippen LogP contribution in [0.5, 0.6) is 0 Å². The summed E-state index contributed by atoms with van der Waals surface area (Å²) in [6.45, 7) is 0.987. The lowest BCUT2D eigenvalue weighted by Gasteiger charge is -2.03. The number of carbonyl (C=O) groups excluding carboxylic acids is 1. The van der Waals surface area contributed by atoms with E-state index in [1.165, 1.54) is 12.0 Å². The number of primary amides is 1. The van der Waals surface area contributed by atoms with Gasteiger partial charge in [-0.15, -0.1) is 0 Å². The van der Waals surface area contributed by atoms with E-state index in [9.17, 15) is 4.79 Å². The smallest absolute Gasteiger partial charge is 0.217 e. The van der Waals surface area contributed by atoms with Crippen molar-refractivity contribution in [3.8, 4) is 0 Å². The zero-order valence-corrected chi connectivity index (χ0v) is 10.1. The summed E-state index contributed by atoms with van der Waals surface area (Å²) in [5.74, 6) is 0.492. The molecule has 92 valence electrons. The molecule has 3 heteroatoms. The highest BCUT2D eigenvalue weighted by atomic mass is 16.1. The Labute approximate surface area is 102 Å². The first-order valence-electron chi connectivity index (χ1n) is 6.34. The van der Waals surface area contributed by atoms with E-state index in [1.807, 2.05) is 0 Å². The molecule has 0 spiro atoms. The van der Waals surface area contributed by atoms with Crippen LogP contribution >= 0.6 is 0 Å². The maximum atomic E-state index is 10.5. The standard InChI is InChI=1S/C14H20N2O/c15-14(17)8-4-5-9-16-13-10-12(13)11-6-2-1-3-7-11/h1-3,6-7,12-13,16H,4-5,8-10H2,(H2,15,17). The highest BCUT2D eigenvalue weighted by Crippen LogP contribution is 2.40. The van der Waals surface area contributed by atoms with E-state index in [4.69, 9.17) is 5.73 Å². The van der Waals surface area contributed by atoms with E-state index in [-0.39, 0.29) is 5.91 Å². The molecule has 0 aromatic heterocycles. The van der Waals surface area contributed by atoms with Crippen LogP contribution in [0.4, 0.5) is 0 Å². The van der Waals surface area contributed by atoms with Crippen molar-refractivity contribution in [1.82, 2.24) is 5.32 Å². The van der Waals surface area contributed by atoms with Crippen molar-refractivity contribution in [1.29, 1.82) is 0 Å². The number of amides is 1. The van der Waals surface area contributed by atoms with Crippen LogP contribution in [0.25, 0.3) is 0 Å². The molecule has 1 aromatic rings. The fourth-order valence-electron chi connectivity index (χ4n) is 2.20. The molecule has 3 nitrogen and oxygen atoms in total. The number of benzene rings is 1. The number of unbranched alkanes of at least 4 members (excludes halogenated alkanes) is 1. The van der Waals surface area contributed by atoms with Gasteiger partial charge in [-0.05, 0) is 31.4 Å². The third-order valence-electron chi connectivity index (χ3n) is 3.27. The first kappa shape index (κ1) is 12.1. The normalized spacial score (nSPS) is 22.4. The molecular formula is C14H20N2O. The first-order valence-corrected chi connectivity index (χ1v) is 6.34. The summed E-state index contributed by atoms with van der Waals surface area (Å²) in [6.07, 6.45) is 3.67. The lowest BCUT2D eigenvalue weighted by Crippen LogP contribution is -2.19. The van der Waals surface area contributed by atoms with Gasteiger partial charge in [0.15, 0.2) is 0 Å². The van der Waals surface area contributed by atoms with Crippen molar-refractivity contribution >= 4 is 5.91 Å². The third-order valence-corrected chi connectivity index (χ3v) is 3.27. The molecule has 0 bridgehead atoms. The summed E-state index contributed by atoms with van der Waals surface area (Å²) < 4.78 is 0. The van der Waals surface area contributed by atoms with Crippen molar-refractivity contribution in [2.45, 2.75) is 37.6 Å². The lowest BCUT2D eigenvalue weighted by molar-refractivity contribution is -0.118. The predicted molar refractivity (Wildman–Crippen MR) is 68.6 cm³/mol. The molecule has 0 radical (unpaired) electrons. The van der Waals surface area contributed by atoms with Gasteiger partial charge in [-0.25, -0.2) is 0 Å². The van der Waals surface area contributed by atoms with Crippen molar-refractivity contribution in [2.24, 2.45) is 5.73 Å². The molecule has 2 unspecified atom stereocenters. The van der Waals surface area contributed by atoms with Gasteiger partial charge in [0.1, 0.15) is 0 Å². The Bertz CT molecular complexity index is 364. The molecule has 17 heavy (non-hydrogen) atoms. The monoisotopic (exact) mass is 232 g/mol. The lowest BCUT2D eigenvalue weighted by atomic mass is 10.1. The third kappa shape index (κ3) is 3.86. The zero-order chi connectivity index (χ0) is 12.1. The highest BCUT2D eigenvalue weighted by molar-refractivity contribution is 5.73. The van der Waals surface area contributed by atoms with Gasteiger partial charge < -0.3 is 11.1 Å². The van der Waals surface area contributed by atoms with E-state index in [1.54, 1.807) is 0 Å². The second kappa shape index (κ2) is 5.82. The maximum absolute atomic E-state index is 10.5. The molecular weight excluding hydrogens is 212 g/mol. The van der Waals surface area contributed by atoms with Gasteiger partial charge in [0, 0.05) is 18.4 Å². The van der Waals surface area contributed by atoms with E-state index in [2.05, 4.69) is 35.6 Å². The van der Waals surface area contributed by atoms with Crippen LogP contribution in [0.3, 0.4) is 0 Å². The summed E-state index contributed by atoms with van der Waals surface area (Å²) in [5.41, 5.74) is 6.52. The average Bonchev–Trinajstić information content (AvgIpc) is 3.09. The van der Waals surface area contributed by atoms with Crippen LogP contribution in [0.15, 0.2) is 30.3 Å². The summed E-state index contributed by atoms with van der Waals surface area (Å²) in [6, 6.07) is 11.3. The van der Waals surface area contributed by atoms with Crippen LogP contribution in [-0.2, 0) is 4.79 Å². The van der Waals surface area contributed by atoms with Crippen molar-refractivity contribution in [2.75, 3.05) is 6.54 Å². The molecule has 0 heterocycles. The molecule has 1 aliphatic rings. The zero-order valence-electron chi connectivity index (χ0n) is 10.1. The van der Waals surface area contributed by atoms with E-state index < -0.39 is 0 Å². The fraction of sp³-hybridized carbons (Fsp3) is 0.500. The molecule has 1 aliphatic carbocycles. The summed E-state index contributed by atoms with van der Waals surface area (Å²) in [5, 5.41) is 3.53. The van der Waals surface area contributed by atoms with Gasteiger partial charge in [-0.2, -0.15) is 0 Å². The Hall–Kier alpha value is -1.35. The van der Waals surface area contributed by atoms with Crippen LogP contribution in [-0.4, -0.2) is 18.5 Å². The van der Waals surface area contributed by atoms with Crippen LogP contribution in [0, 0.1) is 0 Å². The maximum Gasteiger partial charge on any atom is 0.217 e. The molecule has 2 atom stereocenters. The second-order valence-corrected chi connectivity index (χ2v) is 4.74. The molecule has 1 fully saturated rings. The Kier molecular flexibility index (Phi) is 4.15. The van der Waals surface area contributed by atoms with E-state index >= 15 is 0 Å². The number of nitrogens with one attached hydrogen (secondary N) is 1. The van der Waals surface area contributed by atoms with E-state index in [0.717, 1.165) is 19.4 Å². The minimum absolute atomic E-state index is 0.196. The van der Waals surface area contributed by atoms with Crippen LogP contribution < -0.4 is 11.1 Å². The summed E-state index contributed by atoms with van der Waals surface area (Å²) >= 11 is 0. The van der Waals surface area contributed by atoms with Crippen LogP contribution in [0.1, 0.15) is 37.2 Å². The SMILES string of the molecule is NC(=O)CCCCNC1CC1c1ccccc1. The second-order valence-electron chi connectivity index (χ2n) is 4.74. The Morgan fingerprint density at radius 1 is 1.29 bits per heavy atom. The molecule has 3 N–H and O–H groups in total. The number of rotatable bonds is 7. The van der Waals surface area contributed by atoms with Crippen LogP contribution in [0.2, 0.25) is 0 Å². The Morgan fingerprint density at radius 3 is 2.76 bits per heavy atom. The minimum atomic E-state index is -0.196. The largest absolute Gasteiger partial charge is 0.370 e. The number of nitrogens with two attached hydrogens (primary N) is 1. The molecule has 1 aromatic carbocycles. The van der Waals surface area contributed by atoms with Crippen molar-refractivity contribution in [3.05, 3.63) is 35.9 Å². The quantitative estimate of drug-likeness (QED) is 0.704. The van der Waals surface area contributed by atoms with Gasteiger partial charge in [0.2, 0.25) is 5.91 Å². The Balaban J connectivity index is 1.59. The van der Waals surface area contributed by atoms with Crippen molar-refractivity contribution in [3.63, 3.8) is 0 Å². The van der Waals surface area contributed by atoms with Gasteiger partial charge >= 0.3 is 0 Å². The highest BCUT2D eigenvalue weighted by Gasteiger charge is 2.37. The van der Waals surface area contributed by atoms with Gasteiger partial charge in [-0.1, -0.05) is 30.3 Å². The molecule has 0 saturated heterocycles. The number of hydrogen-bond donors (Lipinski definition) is 2. The van der Waals surface area contributed by atoms with Gasteiger partial charge in [0.05, 0.1) is 0 Å². The fourth-order valence-corrected chi connectivity index (χ4v) is 2.20. The molecule has 2 rings (SSSR count). The first-order chi connectivity index (χ1) is 8.27. The van der Waals surface area contributed by atoms with Gasteiger partial charge in [-0.3, -0.25) is 4.79 Å². The van der Waals surface area contributed by atoms with Crippen molar-refractivity contribution < 1.29 is 4.79 Å². The number of hydrogen-bond acceptors (Lipinski definition) is 2.